The molecule has 0 radical (unpaired) electrons. The van der Waals surface area contributed by atoms with Crippen LogP contribution < -0.4 is 14.8 Å². The third kappa shape index (κ3) is 4.98. The first-order valence-corrected chi connectivity index (χ1v) is 9.14. The van der Waals surface area contributed by atoms with E-state index in [1.807, 2.05) is 23.6 Å². The fourth-order valence-corrected chi connectivity index (χ4v) is 3.14. The van der Waals surface area contributed by atoms with Gasteiger partial charge < -0.3 is 19.7 Å². The summed E-state index contributed by atoms with van der Waals surface area (Å²) in [4.78, 5) is 26.7. The van der Waals surface area contributed by atoms with Crippen LogP contribution in [0.4, 0.5) is 0 Å². The molecular weight excluding hydrogens is 352 g/mol. The van der Waals surface area contributed by atoms with Gasteiger partial charge in [0.15, 0.2) is 11.5 Å². The van der Waals surface area contributed by atoms with Crippen molar-refractivity contribution in [3.63, 3.8) is 0 Å². The average molecular weight is 376 g/mol. The van der Waals surface area contributed by atoms with Crippen LogP contribution in [0, 0.1) is 0 Å². The van der Waals surface area contributed by atoms with Gasteiger partial charge in [-0.2, -0.15) is 0 Å². The number of benzene rings is 1. The molecule has 1 atom stereocenters. The van der Waals surface area contributed by atoms with E-state index in [4.69, 9.17) is 9.47 Å². The van der Waals surface area contributed by atoms with E-state index < -0.39 is 6.04 Å². The van der Waals surface area contributed by atoms with Crippen LogP contribution in [0.15, 0.2) is 35.7 Å². The molecule has 1 aromatic carbocycles. The van der Waals surface area contributed by atoms with Crippen molar-refractivity contribution in [2.75, 3.05) is 27.8 Å². The smallest absolute Gasteiger partial charge is 0.261 e. The lowest BCUT2D eigenvalue weighted by Crippen LogP contribution is -2.45. The number of hydrogen-bond acceptors (Lipinski definition) is 5. The zero-order valence-corrected chi connectivity index (χ0v) is 16.3. The van der Waals surface area contributed by atoms with E-state index in [-0.39, 0.29) is 11.8 Å². The van der Waals surface area contributed by atoms with Gasteiger partial charge in [0.05, 0.1) is 19.1 Å². The molecule has 0 aliphatic heterocycles. The average Bonchev–Trinajstić information content (AvgIpc) is 3.19. The lowest BCUT2D eigenvalue weighted by Gasteiger charge is -2.22. The molecule has 1 unspecified atom stereocenters. The summed E-state index contributed by atoms with van der Waals surface area (Å²) in [5.74, 6) is 0.977. The van der Waals surface area contributed by atoms with E-state index in [1.54, 1.807) is 45.2 Å². The summed E-state index contributed by atoms with van der Waals surface area (Å²) < 4.78 is 10.5. The Hall–Kier alpha value is -2.54. The van der Waals surface area contributed by atoms with Crippen molar-refractivity contribution in [3.05, 3.63) is 46.2 Å². The van der Waals surface area contributed by atoms with E-state index in [0.29, 0.717) is 29.3 Å². The molecule has 6 nitrogen and oxygen atoms in total. The molecule has 26 heavy (non-hydrogen) atoms. The zero-order valence-electron chi connectivity index (χ0n) is 15.4. The quantitative estimate of drug-likeness (QED) is 0.769. The standard InChI is InChI=1S/C19H24N2O4S/c1-13(20-18(22)17-6-5-11-26-17)19(23)21(2)10-9-14-7-8-15(24-3)16(12-14)25-4/h5-8,11-13H,9-10H2,1-4H3,(H,20,22). The summed E-state index contributed by atoms with van der Waals surface area (Å²) >= 11 is 1.35. The highest BCUT2D eigenvalue weighted by Crippen LogP contribution is 2.27. The number of hydrogen-bond donors (Lipinski definition) is 1. The summed E-state index contributed by atoms with van der Waals surface area (Å²) in [5.41, 5.74) is 1.04. The number of amides is 2. The van der Waals surface area contributed by atoms with Crippen LogP contribution >= 0.6 is 11.3 Å². The summed E-state index contributed by atoms with van der Waals surface area (Å²) in [5, 5.41) is 4.57. The maximum Gasteiger partial charge on any atom is 0.261 e. The third-order valence-corrected chi connectivity index (χ3v) is 4.89. The number of likely N-dealkylation sites (N-methyl/N-ethyl adjacent to an activating group) is 1. The Balaban J connectivity index is 1.89. The molecule has 1 heterocycles. The van der Waals surface area contributed by atoms with E-state index in [0.717, 1.165) is 5.56 Å². The van der Waals surface area contributed by atoms with Crippen LogP contribution in [0.5, 0.6) is 11.5 Å². The molecule has 2 rings (SSSR count). The molecule has 1 N–H and O–H groups in total. The molecule has 2 aromatic rings. The molecule has 0 fully saturated rings. The molecule has 0 saturated heterocycles. The fourth-order valence-electron chi connectivity index (χ4n) is 2.51. The van der Waals surface area contributed by atoms with Crippen LogP contribution in [-0.2, 0) is 11.2 Å². The van der Waals surface area contributed by atoms with Gasteiger partial charge in [0.25, 0.3) is 5.91 Å². The van der Waals surface area contributed by atoms with Crippen molar-refractivity contribution in [3.8, 4) is 11.5 Å². The van der Waals surface area contributed by atoms with Crippen molar-refractivity contribution in [2.45, 2.75) is 19.4 Å². The van der Waals surface area contributed by atoms with Gasteiger partial charge in [0.1, 0.15) is 6.04 Å². The predicted octanol–water partition coefficient (Wildman–Crippen LogP) is 2.58. The Bertz CT molecular complexity index is 746. The van der Waals surface area contributed by atoms with Crippen LogP contribution in [-0.4, -0.2) is 50.6 Å². The lowest BCUT2D eigenvalue weighted by atomic mass is 10.1. The summed E-state index contributed by atoms with van der Waals surface area (Å²) in [6, 6.07) is 8.65. The van der Waals surface area contributed by atoms with Gasteiger partial charge in [-0.3, -0.25) is 9.59 Å². The van der Waals surface area contributed by atoms with Crippen molar-refractivity contribution < 1.29 is 19.1 Å². The third-order valence-electron chi connectivity index (χ3n) is 4.02. The Kier molecular flexibility index (Phi) is 7.03. The Labute approximate surface area is 157 Å². The highest BCUT2D eigenvalue weighted by Gasteiger charge is 2.20. The van der Waals surface area contributed by atoms with Gasteiger partial charge in [-0.25, -0.2) is 0 Å². The highest BCUT2D eigenvalue weighted by molar-refractivity contribution is 7.12. The highest BCUT2D eigenvalue weighted by atomic mass is 32.1. The molecule has 7 heteroatoms. The fraction of sp³-hybridized carbons (Fsp3) is 0.368. The minimum atomic E-state index is -0.583. The van der Waals surface area contributed by atoms with Gasteiger partial charge in [-0.1, -0.05) is 12.1 Å². The van der Waals surface area contributed by atoms with Gasteiger partial charge in [0.2, 0.25) is 5.91 Å². The largest absolute Gasteiger partial charge is 0.493 e. The zero-order chi connectivity index (χ0) is 19.1. The Morgan fingerprint density at radius 3 is 2.54 bits per heavy atom. The predicted molar refractivity (Wildman–Crippen MR) is 102 cm³/mol. The van der Waals surface area contributed by atoms with Gasteiger partial charge >= 0.3 is 0 Å². The Morgan fingerprint density at radius 2 is 1.92 bits per heavy atom. The SMILES string of the molecule is COc1ccc(CCN(C)C(=O)C(C)NC(=O)c2cccs2)cc1OC. The van der Waals surface area contributed by atoms with Gasteiger partial charge in [-0.15, -0.1) is 11.3 Å². The summed E-state index contributed by atoms with van der Waals surface area (Å²) in [6.07, 6.45) is 0.675. The number of ether oxygens (including phenoxy) is 2. The molecule has 0 aliphatic rings. The molecule has 1 aromatic heterocycles. The number of nitrogens with one attached hydrogen (secondary N) is 1. The summed E-state index contributed by atoms with van der Waals surface area (Å²) in [7, 11) is 4.92. The minimum Gasteiger partial charge on any atom is -0.493 e. The number of methoxy groups -OCH3 is 2. The number of thiophene rings is 1. The van der Waals surface area contributed by atoms with Crippen molar-refractivity contribution in [2.24, 2.45) is 0 Å². The van der Waals surface area contributed by atoms with Crippen LogP contribution in [0.1, 0.15) is 22.2 Å². The van der Waals surface area contributed by atoms with E-state index in [9.17, 15) is 9.59 Å². The van der Waals surface area contributed by atoms with Crippen LogP contribution in [0.3, 0.4) is 0 Å². The first-order chi connectivity index (χ1) is 12.5. The number of nitrogens with zero attached hydrogens (tertiary/aromatic N) is 1. The normalized spacial score (nSPS) is 11.5. The lowest BCUT2D eigenvalue weighted by molar-refractivity contribution is -0.131. The molecule has 0 saturated carbocycles. The second-order valence-corrected chi connectivity index (χ2v) is 6.82. The number of rotatable bonds is 8. The van der Waals surface area contributed by atoms with Gasteiger partial charge in [0, 0.05) is 13.6 Å². The minimum absolute atomic E-state index is 0.129. The number of carbonyl (C=O) groups is 2. The monoisotopic (exact) mass is 376 g/mol. The molecule has 140 valence electrons. The van der Waals surface area contributed by atoms with E-state index in [1.165, 1.54) is 11.3 Å². The summed E-state index contributed by atoms with van der Waals surface area (Å²) in [6.45, 7) is 2.23. The first-order valence-electron chi connectivity index (χ1n) is 8.26. The van der Waals surface area contributed by atoms with Crippen LogP contribution in [0.25, 0.3) is 0 Å². The molecule has 0 spiro atoms. The van der Waals surface area contributed by atoms with Crippen LogP contribution in [0.2, 0.25) is 0 Å². The van der Waals surface area contributed by atoms with E-state index >= 15 is 0 Å². The Morgan fingerprint density at radius 1 is 1.19 bits per heavy atom. The van der Waals surface area contributed by atoms with E-state index in [2.05, 4.69) is 5.32 Å². The topological polar surface area (TPSA) is 67.9 Å². The first kappa shape index (κ1) is 19.8. The second kappa shape index (κ2) is 9.24. The van der Waals surface area contributed by atoms with Crippen molar-refractivity contribution >= 4 is 23.2 Å². The van der Waals surface area contributed by atoms with Crippen molar-refractivity contribution in [1.29, 1.82) is 0 Å². The molecular formula is C19H24N2O4S. The maximum atomic E-state index is 12.5. The van der Waals surface area contributed by atoms with Gasteiger partial charge in [-0.05, 0) is 42.5 Å². The maximum absolute atomic E-state index is 12.5. The molecule has 2 amide bonds. The second-order valence-electron chi connectivity index (χ2n) is 5.87. The molecule has 0 bridgehead atoms. The van der Waals surface area contributed by atoms with Crippen molar-refractivity contribution in [1.82, 2.24) is 10.2 Å². The number of carbonyl (C=O) groups excluding carboxylic acids is 2. The molecule has 0 aliphatic carbocycles.